The monoisotopic (exact) mass is 386 g/mol. The summed E-state index contributed by atoms with van der Waals surface area (Å²) >= 11 is 6.14. The molecule has 3 rings (SSSR count). The summed E-state index contributed by atoms with van der Waals surface area (Å²) in [5.41, 5.74) is 0.431. The van der Waals surface area contributed by atoms with Crippen LogP contribution in [0, 0.1) is 11.3 Å². The fourth-order valence-electron chi connectivity index (χ4n) is 2.64. The standard InChI is InChI=1S/C19H15ClN2O5/c20-16-3-1-12(19(24)25)10-15(16)17-4-2-14(27-17)9-13(11-21)18(23)22-5-7-26-8-6-22/h1-4,9-10H,5-8H2,(H,24,25)/b13-9-. The molecule has 8 heteroatoms. The topological polar surface area (TPSA) is 104 Å². The highest BCUT2D eigenvalue weighted by atomic mass is 35.5. The molecule has 0 saturated carbocycles. The summed E-state index contributed by atoms with van der Waals surface area (Å²) in [6, 6.07) is 9.36. The van der Waals surface area contributed by atoms with E-state index in [9.17, 15) is 14.9 Å². The molecule has 1 aromatic heterocycles. The lowest BCUT2D eigenvalue weighted by molar-refractivity contribution is -0.130. The highest BCUT2D eigenvalue weighted by Gasteiger charge is 2.21. The van der Waals surface area contributed by atoms with Crippen LogP contribution in [-0.2, 0) is 9.53 Å². The number of carbonyl (C=O) groups excluding carboxylic acids is 1. The number of hydrogen-bond donors (Lipinski definition) is 1. The maximum absolute atomic E-state index is 12.4. The molecular formula is C19H15ClN2O5. The number of nitriles is 1. The molecular weight excluding hydrogens is 372 g/mol. The third-order valence-corrected chi connectivity index (χ3v) is 4.37. The molecule has 0 unspecified atom stereocenters. The van der Waals surface area contributed by atoms with Crippen molar-refractivity contribution in [2.75, 3.05) is 26.3 Å². The number of carboxylic acids is 1. The van der Waals surface area contributed by atoms with Gasteiger partial charge < -0.3 is 19.2 Å². The second-order valence-corrected chi connectivity index (χ2v) is 6.18. The van der Waals surface area contributed by atoms with Crippen molar-refractivity contribution < 1.29 is 23.8 Å². The molecule has 1 amide bonds. The first-order chi connectivity index (χ1) is 13.0. The molecule has 0 spiro atoms. The minimum Gasteiger partial charge on any atom is -0.478 e. The molecule has 0 bridgehead atoms. The van der Waals surface area contributed by atoms with Gasteiger partial charge in [-0.25, -0.2) is 4.79 Å². The number of nitrogens with zero attached hydrogens (tertiary/aromatic N) is 2. The van der Waals surface area contributed by atoms with E-state index in [1.807, 2.05) is 6.07 Å². The van der Waals surface area contributed by atoms with E-state index in [0.717, 1.165) is 0 Å². The summed E-state index contributed by atoms with van der Waals surface area (Å²) in [6.45, 7) is 1.74. The maximum atomic E-state index is 12.4. The summed E-state index contributed by atoms with van der Waals surface area (Å²) in [5.74, 6) is -0.836. The Bertz CT molecular complexity index is 951. The molecule has 1 N–H and O–H groups in total. The minimum atomic E-state index is -1.08. The van der Waals surface area contributed by atoms with Crippen molar-refractivity contribution in [1.82, 2.24) is 4.90 Å². The molecule has 2 aromatic rings. The van der Waals surface area contributed by atoms with E-state index in [1.54, 1.807) is 17.0 Å². The second-order valence-electron chi connectivity index (χ2n) is 5.78. The first-order valence-corrected chi connectivity index (χ1v) is 8.49. The maximum Gasteiger partial charge on any atom is 0.335 e. The Balaban J connectivity index is 1.87. The number of morpholine rings is 1. The molecule has 1 fully saturated rings. The van der Waals surface area contributed by atoms with Gasteiger partial charge in [0.2, 0.25) is 0 Å². The van der Waals surface area contributed by atoms with Crippen LogP contribution in [0.1, 0.15) is 16.1 Å². The Morgan fingerprint density at radius 2 is 1.96 bits per heavy atom. The highest BCUT2D eigenvalue weighted by Crippen LogP contribution is 2.31. The molecule has 0 radical (unpaired) electrons. The average molecular weight is 387 g/mol. The van der Waals surface area contributed by atoms with Crippen LogP contribution in [0.3, 0.4) is 0 Å². The zero-order valence-corrected chi connectivity index (χ0v) is 14.9. The van der Waals surface area contributed by atoms with Crippen LogP contribution in [-0.4, -0.2) is 48.2 Å². The molecule has 0 atom stereocenters. The van der Waals surface area contributed by atoms with Gasteiger partial charge in [-0.3, -0.25) is 4.79 Å². The van der Waals surface area contributed by atoms with Gasteiger partial charge in [-0.05, 0) is 30.3 Å². The van der Waals surface area contributed by atoms with Crippen LogP contribution in [0.4, 0.5) is 0 Å². The number of aromatic carboxylic acids is 1. The van der Waals surface area contributed by atoms with Crippen LogP contribution < -0.4 is 0 Å². The number of carboxylic acid groups (broad SMARTS) is 1. The predicted molar refractivity (Wildman–Crippen MR) is 97.1 cm³/mol. The van der Waals surface area contributed by atoms with Gasteiger partial charge in [-0.2, -0.15) is 5.26 Å². The van der Waals surface area contributed by atoms with Gasteiger partial charge in [0.25, 0.3) is 5.91 Å². The molecule has 1 aliphatic heterocycles. The second kappa shape index (κ2) is 8.08. The van der Waals surface area contributed by atoms with Crippen LogP contribution in [0.15, 0.2) is 40.3 Å². The smallest absolute Gasteiger partial charge is 0.335 e. The zero-order chi connectivity index (χ0) is 19.4. The first-order valence-electron chi connectivity index (χ1n) is 8.11. The van der Waals surface area contributed by atoms with Gasteiger partial charge in [-0.1, -0.05) is 11.6 Å². The van der Waals surface area contributed by atoms with Crippen molar-refractivity contribution in [3.05, 3.63) is 52.3 Å². The zero-order valence-electron chi connectivity index (χ0n) is 14.1. The van der Waals surface area contributed by atoms with Crippen molar-refractivity contribution >= 4 is 29.6 Å². The lowest BCUT2D eigenvalue weighted by atomic mass is 10.1. The summed E-state index contributed by atoms with van der Waals surface area (Å²) in [4.78, 5) is 25.1. The minimum absolute atomic E-state index is 0.0526. The fourth-order valence-corrected chi connectivity index (χ4v) is 2.85. The van der Waals surface area contributed by atoms with E-state index in [-0.39, 0.29) is 17.0 Å². The van der Waals surface area contributed by atoms with Gasteiger partial charge in [0, 0.05) is 24.7 Å². The van der Waals surface area contributed by atoms with Crippen LogP contribution in [0.2, 0.25) is 5.02 Å². The van der Waals surface area contributed by atoms with Crippen molar-refractivity contribution in [2.45, 2.75) is 0 Å². The predicted octanol–water partition coefficient (Wildman–Crippen LogP) is 3.06. The Hall–Kier alpha value is -3.08. The highest BCUT2D eigenvalue weighted by molar-refractivity contribution is 6.33. The Labute approximate surface area is 160 Å². The van der Waals surface area contributed by atoms with E-state index in [4.69, 9.17) is 25.9 Å². The molecule has 7 nitrogen and oxygen atoms in total. The van der Waals surface area contributed by atoms with Crippen molar-refractivity contribution in [2.24, 2.45) is 0 Å². The van der Waals surface area contributed by atoms with E-state index >= 15 is 0 Å². The number of ether oxygens (including phenoxy) is 1. The number of carbonyl (C=O) groups is 2. The molecule has 1 aromatic carbocycles. The quantitative estimate of drug-likeness (QED) is 0.639. The molecule has 1 saturated heterocycles. The normalized spacial score (nSPS) is 14.7. The Kier molecular flexibility index (Phi) is 5.60. The summed E-state index contributed by atoms with van der Waals surface area (Å²) in [5, 5.41) is 18.8. The van der Waals surface area contributed by atoms with Crippen molar-refractivity contribution in [3.8, 4) is 17.4 Å². The third-order valence-electron chi connectivity index (χ3n) is 4.04. The largest absolute Gasteiger partial charge is 0.478 e. The van der Waals surface area contributed by atoms with Crippen LogP contribution >= 0.6 is 11.6 Å². The van der Waals surface area contributed by atoms with Crippen molar-refractivity contribution in [3.63, 3.8) is 0 Å². The van der Waals surface area contributed by atoms with E-state index in [1.165, 1.54) is 24.3 Å². The Morgan fingerprint density at radius 1 is 1.22 bits per heavy atom. The van der Waals surface area contributed by atoms with Gasteiger partial charge in [0.1, 0.15) is 23.2 Å². The van der Waals surface area contributed by atoms with Gasteiger partial charge in [0.15, 0.2) is 0 Å². The number of halogens is 1. The summed E-state index contributed by atoms with van der Waals surface area (Å²) in [7, 11) is 0. The molecule has 1 aliphatic rings. The first kappa shape index (κ1) is 18.7. The van der Waals surface area contributed by atoms with Crippen molar-refractivity contribution in [1.29, 1.82) is 5.26 Å². The van der Waals surface area contributed by atoms with Gasteiger partial charge >= 0.3 is 5.97 Å². The number of benzene rings is 1. The van der Waals surface area contributed by atoms with Gasteiger partial charge in [0.05, 0.1) is 23.8 Å². The SMILES string of the molecule is N#C/C(=C/c1ccc(-c2cc(C(=O)O)ccc2Cl)o1)C(=O)N1CCOCC1. The molecule has 2 heterocycles. The Morgan fingerprint density at radius 3 is 2.63 bits per heavy atom. The lowest BCUT2D eigenvalue weighted by Gasteiger charge is -2.26. The number of hydrogen-bond acceptors (Lipinski definition) is 5. The average Bonchev–Trinajstić information content (AvgIpc) is 3.14. The lowest BCUT2D eigenvalue weighted by Crippen LogP contribution is -2.41. The van der Waals surface area contributed by atoms with Gasteiger partial charge in [-0.15, -0.1) is 0 Å². The summed E-state index contributed by atoms with van der Waals surface area (Å²) in [6.07, 6.45) is 1.36. The molecule has 138 valence electrons. The van der Waals surface area contributed by atoms with E-state index < -0.39 is 5.97 Å². The molecule has 0 aliphatic carbocycles. The number of amides is 1. The number of rotatable bonds is 4. The molecule has 27 heavy (non-hydrogen) atoms. The summed E-state index contributed by atoms with van der Waals surface area (Å²) < 4.78 is 10.9. The van der Waals surface area contributed by atoms with E-state index in [0.29, 0.717) is 48.4 Å². The third kappa shape index (κ3) is 4.19. The number of furan rings is 1. The van der Waals surface area contributed by atoms with E-state index in [2.05, 4.69) is 0 Å². The van der Waals surface area contributed by atoms with Crippen LogP contribution in [0.25, 0.3) is 17.4 Å². The van der Waals surface area contributed by atoms with Crippen LogP contribution in [0.5, 0.6) is 0 Å². The fraction of sp³-hybridized carbons (Fsp3) is 0.211.